The number of aryl methyl sites for hydroxylation is 2. The van der Waals surface area contributed by atoms with Crippen molar-refractivity contribution in [2.24, 2.45) is 7.05 Å². The standard InChI is InChI=1S/C18H20ClFN4O2/c1-11-15(16(19)23(2)22-11)18(26)24-9-7-14(8-10-24)21-17(25)12-3-5-13(20)6-4-12/h3-6,14H,7-10H2,1-2H3,(H,21,25). The summed E-state index contributed by atoms with van der Waals surface area (Å²) in [6.45, 7) is 2.81. The van der Waals surface area contributed by atoms with Gasteiger partial charge in [-0.1, -0.05) is 11.6 Å². The number of hydrogen-bond donors (Lipinski definition) is 1. The monoisotopic (exact) mass is 378 g/mol. The van der Waals surface area contributed by atoms with Gasteiger partial charge in [-0.3, -0.25) is 14.3 Å². The van der Waals surface area contributed by atoms with Crippen molar-refractivity contribution in [1.29, 1.82) is 0 Å². The number of nitrogens with zero attached hydrogens (tertiary/aromatic N) is 3. The molecule has 1 saturated heterocycles. The van der Waals surface area contributed by atoms with Gasteiger partial charge >= 0.3 is 0 Å². The van der Waals surface area contributed by atoms with Gasteiger partial charge in [-0.05, 0) is 44.0 Å². The Kier molecular flexibility index (Phi) is 5.27. The highest BCUT2D eigenvalue weighted by Gasteiger charge is 2.28. The molecule has 1 aromatic carbocycles. The molecule has 8 heteroatoms. The number of benzene rings is 1. The number of piperidine rings is 1. The topological polar surface area (TPSA) is 67.2 Å². The average molecular weight is 379 g/mol. The number of carbonyl (C=O) groups excluding carboxylic acids is 2. The summed E-state index contributed by atoms with van der Waals surface area (Å²) in [5.41, 5.74) is 1.46. The smallest absolute Gasteiger partial charge is 0.258 e. The van der Waals surface area contributed by atoms with Gasteiger partial charge in [0.1, 0.15) is 11.0 Å². The van der Waals surface area contributed by atoms with Crippen molar-refractivity contribution in [1.82, 2.24) is 20.0 Å². The van der Waals surface area contributed by atoms with Gasteiger partial charge in [0, 0.05) is 31.7 Å². The van der Waals surface area contributed by atoms with Crippen LogP contribution in [0.2, 0.25) is 5.15 Å². The van der Waals surface area contributed by atoms with Crippen molar-refractivity contribution in [2.75, 3.05) is 13.1 Å². The first kappa shape index (κ1) is 18.4. The summed E-state index contributed by atoms with van der Waals surface area (Å²) in [5, 5.41) is 7.45. The highest BCUT2D eigenvalue weighted by molar-refractivity contribution is 6.33. The van der Waals surface area contributed by atoms with E-state index >= 15 is 0 Å². The van der Waals surface area contributed by atoms with E-state index in [0.717, 1.165) is 0 Å². The summed E-state index contributed by atoms with van der Waals surface area (Å²) in [6, 6.07) is 5.40. The van der Waals surface area contributed by atoms with E-state index in [1.165, 1.54) is 28.9 Å². The molecule has 0 spiro atoms. The number of aromatic nitrogens is 2. The summed E-state index contributed by atoms with van der Waals surface area (Å²) in [4.78, 5) is 26.6. The highest BCUT2D eigenvalue weighted by Crippen LogP contribution is 2.22. The molecule has 0 radical (unpaired) electrons. The molecule has 0 unspecified atom stereocenters. The quantitative estimate of drug-likeness (QED) is 0.892. The molecule has 138 valence electrons. The van der Waals surface area contributed by atoms with E-state index in [4.69, 9.17) is 11.6 Å². The van der Waals surface area contributed by atoms with Crippen LogP contribution in [-0.2, 0) is 7.05 Å². The van der Waals surface area contributed by atoms with Crippen molar-refractivity contribution in [3.8, 4) is 0 Å². The Morgan fingerprint density at radius 3 is 2.38 bits per heavy atom. The molecule has 1 aliphatic rings. The van der Waals surface area contributed by atoms with Crippen LogP contribution in [0.5, 0.6) is 0 Å². The minimum Gasteiger partial charge on any atom is -0.349 e. The molecule has 1 N–H and O–H groups in total. The molecular weight excluding hydrogens is 359 g/mol. The third-order valence-electron chi connectivity index (χ3n) is 4.59. The zero-order chi connectivity index (χ0) is 18.8. The van der Waals surface area contributed by atoms with Crippen LogP contribution in [0.3, 0.4) is 0 Å². The Labute approximate surface area is 155 Å². The molecule has 0 atom stereocenters. The fraction of sp³-hybridized carbons (Fsp3) is 0.389. The number of likely N-dealkylation sites (tertiary alicyclic amines) is 1. The Hall–Kier alpha value is -2.41. The van der Waals surface area contributed by atoms with Gasteiger partial charge in [-0.2, -0.15) is 5.10 Å². The number of hydrogen-bond acceptors (Lipinski definition) is 3. The second kappa shape index (κ2) is 7.45. The van der Waals surface area contributed by atoms with Crippen molar-refractivity contribution >= 4 is 23.4 Å². The van der Waals surface area contributed by atoms with Gasteiger partial charge in [0.2, 0.25) is 0 Å². The molecule has 1 aromatic heterocycles. The van der Waals surface area contributed by atoms with Crippen LogP contribution in [0.1, 0.15) is 39.3 Å². The van der Waals surface area contributed by atoms with E-state index in [9.17, 15) is 14.0 Å². The Bertz CT molecular complexity index is 826. The van der Waals surface area contributed by atoms with Gasteiger partial charge < -0.3 is 10.2 Å². The van der Waals surface area contributed by atoms with Gasteiger partial charge in [0.25, 0.3) is 11.8 Å². The number of rotatable bonds is 3. The normalized spacial score (nSPS) is 15.2. The number of halogens is 2. The van der Waals surface area contributed by atoms with Crippen molar-refractivity contribution in [3.05, 3.63) is 52.1 Å². The minimum atomic E-state index is -0.377. The molecule has 2 amide bonds. The van der Waals surface area contributed by atoms with Crippen molar-refractivity contribution in [3.63, 3.8) is 0 Å². The molecular formula is C18H20ClFN4O2. The second-order valence-electron chi connectivity index (χ2n) is 6.42. The van der Waals surface area contributed by atoms with Crippen molar-refractivity contribution < 1.29 is 14.0 Å². The molecule has 3 rings (SSSR count). The van der Waals surface area contributed by atoms with E-state index in [1.807, 2.05) is 0 Å². The predicted molar refractivity (Wildman–Crippen MR) is 95.7 cm³/mol. The van der Waals surface area contributed by atoms with Crippen LogP contribution in [-0.4, -0.2) is 45.6 Å². The lowest BCUT2D eigenvalue weighted by Crippen LogP contribution is -2.46. The molecule has 6 nitrogen and oxygen atoms in total. The third-order valence-corrected chi connectivity index (χ3v) is 5.02. The average Bonchev–Trinajstić information content (AvgIpc) is 2.87. The Morgan fingerprint density at radius 1 is 1.23 bits per heavy atom. The van der Waals surface area contributed by atoms with Gasteiger partial charge in [0.05, 0.1) is 11.3 Å². The molecule has 1 aliphatic heterocycles. The van der Waals surface area contributed by atoms with Crippen molar-refractivity contribution in [2.45, 2.75) is 25.8 Å². The maximum absolute atomic E-state index is 12.9. The molecule has 0 saturated carbocycles. The van der Waals surface area contributed by atoms with Crippen LogP contribution in [0.15, 0.2) is 24.3 Å². The summed E-state index contributed by atoms with van der Waals surface area (Å²) in [7, 11) is 1.70. The zero-order valence-electron chi connectivity index (χ0n) is 14.6. The molecule has 0 bridgehead atoms. The minimum absolute atomic E-state index is 0.0259. The Morgan fingerprint density at radius 2 is 1.85 bits per heavy atom. The summed E-state index contributed by atoms with van der Waals surface area (Å²) >= 11 is 6.17. The van der Waals surface area contributed by atoms with Crippen LogP contribution >= 0.6 is 11.6 Å². The fourth-order valence-corrected chi connectivity index (χ4v) is 3.38. The largest absolute Gasteiger partial charge is 0.349 e. The lowest BCUT2D eigenvalue weighted by molar-refractivity contribution is 0.0697. The maximum Gasteiger partial charge on any atom is 0.258 e. The lowest BCUT2D eigenvalue weighted by atomic mass is 10.0. The molecule has 26 heavy (non-hydrogen) atoms. The van der Waals surface area contributed by atoms with E-state index in [1.54, 1.807) is 18.9 Å². The van der Waals surface area contributed by atoms with E-state index in [2.05, 4.69) is 10.4 Å². The first-order chi connectivity index (χ1) is 12.4. The fourth-order valence-electron chi connectivity index (χ4n) is 3.13. The predicted octanol–water partition coefficient (Wildman–Crippen LogP) is 2.56. The third kappa shape index (κ3) is 3.72. The van der Waals surface area contributed by atoms with Crippen LogP contribution in [0, 0.1) is 12.7 Å². The van der Waals surface area contributed by atoms with Crippen LogP contribution in [0.25, 0.3) is 0 Å². The van der Waals surface area contributed by atoms with Gasteiger partial charge in [-0.25, -0.2) is 4.39 Å². The maximum atomic E-state index is 12.9. The summed E-state index contributed by atoms with van der Waals surface area (Å²) < 4.78 is 14.4. The summed E-state index contributed by atoms with van der Waals surface area (Å²) in [5.74, 6) is -0.748. The second-order valence-corrected chi connectivity index (χ2v) is 6.78. The van der Waals surface area contributed by atoms with E-state index < -0.39 is 0 Å². The molecule has 0 aliphatic carbocycles. The zero-order valence-corrected chi connectivity index (χ0v) is 15.4. The SMILES string of the molecule is Cc1nn(C)c(Cl)c1C(=O)N1CCC(NC(=O)c2ccc(F)cc2)CC1. The first-order valence-corrected chi connectivity index (χ1v) is 8.79. The first-order valence-electron chi connectivity index (χ1n) is 8.41. The number of amides is 2. The van der Waals surface area contributed by atoms with Gasteiger partial charge in [0.15, 0.2) is 0 Å². The van der Waals surface area contributed by atoms with Crippen LogP contribution < -0.4 is 5.32 Å². The summed E-state index contributed by atoms with van der Waals surface area (Å²) in [6.07, 6.45) is 1.30. The van der Waals surface area contributed by atoms with E-state index in [-0.39, 0.29) is 23.7 Å². The Balaban J connectivity index is 1.58. The molecule has 2 heterocycles. The highest BCUT2D eigenvalue weighted by atomic mass is 35.5. The number of nitrogens with one attached hydrogen (secondary N) is 1. The molecule has 1 fully saturated rings. The number of carbonyl (C=O) groups is 2. The van der Waals surface area contributed by atoms with E-state index in [0.29, 0.717) is 47.9 Å². The lowest BCUT2D eigenvalue weighted by Gasteiger charge is -2.32. The van der Waals surface area contributed by atoms with Gasteiger partial charge in [-0.15, -0.1) is 0 Å². The molecule has 2 aromatic rings. The van der Waals surface area contributed by atoms with Crippen LogP contribution in [0.4, 0.5) is 4.39 Å².